The highest BCUT2D eigenvalue weighted by Crippen LogP contribution is 2.30. The number of hydrogen-bond acceptors (Lipinski definition) is 3. The lowest BCUT2D eigenvalue weighted by molar-refractivity contribution is -0.146. The van der Waals surface area contributed by atoms with Gasteiger partial charge < -0.3 is 9.88 Å². The van der Waals surface area contributed by atoms with Crippen LogP contribution in [-0.2, 0) is 12.7 Å². The summed E-state index contributed by atoms with van der Waals surface area (Å²) in [6.45, 7) is 3.70. The predicted molar refractivity (Wildman–Crippen MR) is 90.8 cm³/mol. The summed E-state index contributed by atoms with van der Waals surface area (Å²) >= 11 is 0. The van der Waals surface area contributed by atoms with Crippen molar-refractivity contribution in [2.75, 3.05) is 6.54 Å². The third kappa shape index (κ3) is 3.68. The number of rotatable bonds is 4. The van der Waals surface area contributed by atoms with Crippen LogP contribution < -0.4 is 5.32 Å². The van der Waals surface area contributed by atoms with E-state index in [0.717, 1.165) is 15.7 Å². The predicted octanol–water partition coefficient (Wildman–Crippen LogP) is 3.50. The molecule has 5 nitrogen and oxygen atoms in total. The van der Waals surface area contributed by atoms with Crippen molar-refractivity contribution in [2.45, 2.75) is 26.6 Å². The molecule has 0 saturated carbocycles. The Bertz CT molecular complexity index is 942. The van der Waals surface area contributed by atoms with Gasteiger partial charge in [-0.25, -0.2) is 9.97 Å². The first-order valence-corrected chi connectivity index (χ1v) is 8.00. The first kappa shape index (κ1) is 17.9. The zero-order chi connectivity index (χ0) is 18.9. The number of benzene rings is 1. The van der Waals surface area contributed by atoms with Crippen molar-refractivity contribution in [2.24, 2.45) is 0 Å². The van der Waals surface area contributed by atoms with Crippen LogP contribution in [0.4, 0.5) is 13.2 Å². The van der Waals surface area contributed by atoms with Crippen LogP contribution >= 0.6 is 0 Å². The van der Waals surface area contributed by atoms with Crippen molar-refractivity contribution in [1.29, 1.82) is 0 Å². The highest BCUT2D eigenvalue weighted by Gasteiger charge is 2.37. The van der Waals surface area contributed by atoms with Crippen LogP contribution in [0.2, 0.25) is 0 Å². The number of fused-ring (bicyclic) bond motifs is 1. The Morgan fingerprint density at radius 1 is 1.19 bits per heavy atom. The number of carbonyl (C=O) groups is 1. The lowest BCUT2D eigenvalue weighted by Crippen LogP contribution is -2.28. The molecule has 0 saturated heterocycles. The monoisotopic (exact) mass is 362 g/mol. The van der Waals surface area contributed by atoms with Gasteiger partial charge in [0.05, 0.1) is 0 Å². The SMILES string of the molecule is Cc1cc(C)cc(C(=O)NCCn2c(C(F)(F)F)nc3cccnc32)c1. The Hall–Kier alpha value is -2.90. The fourth-order valence-electron chi connectivity index (χ4n) is 2.88. The number of aromatic nitrogens is 3. The van der Waals surface area contributed by atoms with Crippen LogP contribution in [-0.4, -0.2) is 27.0 Å². The molecular weight excluding hydrogens is 345 g/mol. The van der Waals surface area contributed by atoms with Crippen molar-refractivity contribution in [1.82, 2.24) is 19.9 Å². The third-order valence-electron chi connectivity index (χ3n) is 3.86. The molecule has 2 heterocycles. The number of hydrogen-bond donors (Lipinski definition) is 1. The number of nitrogens with zero attached hydrogens (tertiary/aromatic N) is 3. The van der Waals surface area contributed by atoms with Gasteiger partial charge in [-0.2, -0.15) is 13.2 Å². The molecule has 1 aromatic carbocycles. The second kappa shape index (κ2) is 6.78. The van der Waals surface area contributed by atoms with E-state index in [1.165, 1.54) is 18.3 Å². The third-order valence-corrected chi connectivity index (χ3v) is 3.86. The second-order valence-corrected chi connectivity index (χ2v) is 6.06. The van der Waals surface area contributed by atoms with Gasteiger partial charge in [-0.1, -0.05) is 17.2 Å². The number of halogens is 3. The molecule has 0 atom stereocenters. The molecule has 26 heavy (non-hydrogen) atoms. The molecule has 0 bridgehead atoms. The van der Waals surface area contributed by atoms with Gasteiger partial charge >= 0.3 is 6.18 Å². The number of imidazole rings is 1. The number of nitrogens with one attached hydrogen (secondary N) is 1. The van der Waals surface area contributed by atoms with E-state index in [9.17, 15) is 18.0 Å². The highest BCUT2D eigenvalue weighted by molar-refractivity contribution is 5.94. The van der Waals surface area contributed by atoms with Crippen molar-refractivity contribution < 1.29 is 18.0 Å². The van der Waals surface area contributed by atoms with E-state index in [1.54, 1.807) is 12.1 Å². The van der Waals surface area contributed by atoms with Crippen molar-refractivity contribution >= 4 is 17.1 Å². The topological polar surface area (TPSA) is 59.8 Å². The fraction of sp³-hybridized carbons (Fsp3) is 0.278. The minimum absolute atomic E-state index is 0.0247. The number of pyridine rings is 1. The molecule has 8 heteroatoms. The fourth-order valence-corrected chi connectivity index (χ4v) is 2.88. The van der Waals surface area contributed by atoms with Gasteiger partial charge in [0.25, 0.3) is 5.91 Å². The number of amides is 1. The van der Waals surface area contributed by atoms with Crippen LogP contribution in [0.15, 0.2) is 36.5 Å². The normalized spacial score (nSPS) is 11.7. The molecule has 2 aromatic heterocycles. The minimum Gasteiger partial charge on any atom is -0.350 e. The van der Waals surface area contributed by atoms with Crippen LogP contribution in [0.3, 0.4) is 0 Å². The molecule has 136 valence electrons. The maximum absolute atomic E-state index is 13.2. The average molecular weight is 362 g/mol. The van der Waals surface area contributed by atoms with E-state index in [2.05, 4.69) is 15.3 Å². The number of aryl methyl sites for hydroxylation is 2. The molecule has 0 aliphatic carbocycles. The quantitative estimate of drug-likeness (QED) is 0.773. The minimum atomic E-state index is -4.60. The Labute approximate surface area is 147 Å². The Kier molecular flexibility index (Phi) is 4.67. The summed E-state index contributed by atoms with van der Waals surface area (Å²) in [4.78, 5) is 19.9. The van der Waals surface area contributed by atoms with E-state index < -0.39 is 12.0 Å². The first-order valence-electron chi connectivity index (χ1n) is 8.00. The number of alkyl halides is 3. The molecule has 1 amide bonds. The van der Waals surface area contributed by atoms with Crippen molar-refractivity contribution in [3.8, 4) is 0 Å². The highest BCUT2D eigenvalue weighted by atomic mass is 19.4. The van der Waals surface area contributed by atoms with Crippen LogP contribution in [0.1, 0.15) is 27.3 Å². The Balaban J connectivity index is 1.78. The standard InChI is InChI=1S/C18H17F3N4O/c1-11-8-12(2)10-13(9-11)16(26)23-6-7-25-15-14(4-3-5-22-15)24-17(25)18(19,20)21/h3-5,8-10H,6-7H2,1-2H3,(H,23,26). The lowest BCUT2D eigenvalue weighted by Gasteiger charge is -2.12. The smallest absolute Gasteiger partial charge is 0.350 e. The first-order chi connectivity index (χ1) is 12.3. The summed E-state index contributed by atoms with van der Waals surface area (Å²) in [5.41, 5.74) is 2.67. The molecule has 0 spiro atoms. The zero-order valence-corrected chi connectivity index (χ0v) is 14.3. The molecule has 3 rings (SSSR count). The van der Waals surface area contributed by atoms with Gasteiger partial charge in [-0.3, -0.25) is 4.79 Å². The molecule has 0 fully saturated rings. The second-order valence-electron chi connectivity index (χ2n) is 6.06. The van der Waals surface area contributed by atoms with E-state index >= 15 is 0 Å². The van der Waals surface area contributed by atoms with Crippen molar-refractivity contribution in [3.63, 3.8) is 0 Å². The maximum atomic E-state index is 13.2. The van der Waals surface area contributed by atoms with E-state index in [0.29, 0.717) is 5.56 Å². The van der Waals surface area contributed by atoms with E-state index in [-0.39, 0.29) is 30.2 Å². The van der Waals surface area contributed by atoms with E-state index in [1.807, 2.05) is 19.9 Å². The summed E-state index contributed by atoms with van der Waals surface area (Å²) in [5, 5.41) is 2.65. The average Bonchev–Trinajstić information content (AvgIpc) is 2.93. The zero-order valence-electron chi connectivity index (χ0n) is 14.3. The molecule has 0 aliphatic rings. The van der Waals surface area contributed by atoms with Gasteiger partial charge in [-0.05, 0) is 38.1 Å². The Morgan fingerprint density at radius 2 is 1.88 bits per heavy atom. The van der Waals surface area contributed by atoms with Crippen LogP contribution in [0.25, 0.3) is 11.2 Å². The maximum Gasteiger partial charge on any atom is 0.449 e. The van der Waals surface area contributed by atoms with Gasteiger partial charge in [0.2, 0.25) is 5.82 Å². The molecule has 0 aliphatic heterocycles. The van der Waals surface area contributed by atoms with Crippen LogP contribution in [0, 0.1) is 13.8 Å². The lowest BCUT2D eigenvalue weighted by atomic mass is 10.1. The molecule has 0 unspecified atom stereocenters. The summed E-state index contributed by atoms with van der Waals surface area (Å²) in [6, 6.07) is 8.41. The Morgan fingerprint density at radius 3 is 2.54 bits per heavy atom. The van der Waals surface area contributed by atoms with Gasteiger partial charge in [0.15, 0.2) is 5.65 Å². The summed E-state index contributed by atoms with van der Waals surface area (Å²) < 4.78 is 40.7. The summed E-state index contributed by atoms with van der Waals surface area (Å²) in [5.74, 6) is -1.35. The molecular formula is C18H17F3N4O. The van der Waals surface area contributed by atoms with E-state index in [4.69, 9.17) is 0 Å². The van der Waals surface area contributed by atoms with Gasteiger partial charge in [0.1, 0.15) is 5.52 Å². The molecule has 3 aromatic rings. The van der Waals surface area contributed by atoms with Gasteiger partial charge in [0, 0.05) is 24.8 Å². The summed E-state index contributed by atoms with van der Waals surface area (Å²) in [7, 11) is 0. The number of carbonyl (C=O) groups excluding carboxylic acids is 1. The van der Waals surface area contributed by atoms with Crippen molar-refractivity contribution in [3.05, 3.63) is 59.0 Å². The summed E-state index contributed by atoms with van der Waals surface area (Å²) in [6.07, 6.45) is -3.19. The van der Waals surface area contributed by atoms with Crippen LogP contribution in [0.5, 0.6) is 0 Å². The largest absolute Gasteiger partial charge is 0.449 e. The van der Waals surface area contributed by atoms with Gasteiger partial charge in [-0.15, -0.1) is 0 Å². The molecule has 0 radical (unpaired) electrons. The molecule has 1 N–H and O–H groups in total.